The van der Waals surface area contributed by atoms with Crippen LogP contribution in [0.15, 0.2) is 24.3 Å². The van der Waals surface area contributed by atoms with Crippen LogP contribution in [0.25, 0.3) is 0 Å². The second kappa shape index (κ2) is 8.30. The number of benzene rings is 1. The van der Waals surface area contributed by atoms with Crippen molar-refractivity contribution < 1.29 is 14.2 Å². The van der Waals surface area contributed by atoms with E-state index in [1.807, 2.05) is 36.0 Å². The summed E-state index contributed by atoms with van der Waals surface area (Å²) in [5.74, 6) is 3.73. The molecule has 0 aliphatic carbocycles. The molecule has 0 heterocycles. The molecule has 0 N–H and O–H groups in total. The Labute approximate surface area is 101 Å². The van der Waals surface area contributed by atoms with Crippen LogP contribution in [0, 0.1) is 0 Å². The Hall–Kier alpha value is -0.870. The molecule has 0 aliphatic rings. The van der Waals surface area contributed by atoms with Crippen LogP contribution < -0.4 is 9.47 Å². The lowest BCUT2D eigenvalue weighted by Crippen LogP contribution is -2.02. The second-order valence-electron chi connectivity index (χ2n) is 3.13. The largest absolute Gasteiger partial charge is 0.497 e. The minimum atomic E-state index is 0.723. The van der Waals surface area contributed by atoms with E-state index in [-0.39, 0.29) is 0 Å². The molecule has 0 fully saturated rings. The average Bonchev–Trinajstić information content (AvgIpc) is 2.34. The van der Waals surface area contributed by atoms with Gasteiger partial charge in [0, 0.05) is 18.6 Å². The third kappa shape index (κ3) is 5.28. The number of thioether (sulfide) groups is 1. The minimum absolute atomic E-state index is 0.723. The van der Waals surface area contributed by atoms with E-state index in [2.05, 4.69) is 0 Å². The van der Waals surface area contributed by atoms with Gasteiger partial charge in [-0.3, -0.25) is 0 Å². The van der Waals surface area contributed by atoms with E-state index in [1.54, 1.807) is 14.2 Å². The quantitative estimate of drug-likeness (QED) is 0.654. The lowest BCUT2D eigenvalue weighted by molar-refractivity contribution is 0.218. The molecule has 0 radical (unpaired) electrons. The molecule has 0 unspecified atom stereocenters. The molecule has 0 saturated carbocycles. The van der Waals surface area contributed by atoms with E-state index in [0.29, 0.717) is 0 Å². The van der Waals surface area contributed by atoms with Gasteiger partial charge in [0.1, 0.15) is 11.5 Å². The zero-order chi connectivity index (χ0) is 11.6. The third-order valence-electron chi connectivity index (χ3n) is 1.99. The Balaban J connectivity index is 2.12. The van der Waals surface area contributed by atoms with Gasteiger partial charge >= 0.3 is 0 Å². The zero-order valence-corrected chi connectivity index (χ0v) is 10.6. The van der Waals surface area contributed by atoms with E-state index >= 15 is 0 Å². The molecular weight excluding hydrogens is 224 g/mol. The van der Waals surface area contributed by atoms with E-state index in [0.717, 1.165) is 36.2 Å². The highest BCUT2D eigenvalue weighted by Crippen LogP contribution is 2.17. The summed E-state index contributed by atoms with van der Waals surface area (Å²) in [4.78, 5) is 0. The SMILES string of the molecule is COCCSCCOc1ccc(OC)cc1. The van der Waals surface area contributed by atoms with Gasteiger partial charge < -0.3 is 14.2 Å². The lowest BCUT2D eigenvalue weighted by atomic mass is 10.3. The predicted molar refractivity (Wildman–Crippen MR) is 67.7 cm³/mol. The van der Waals surface area contributed by atoms with Crippen molar-refractivity contribution in [2.75, 3.05) is 38.9 Å². The fraction of sp³-hybridized carbons (Fsp3) is 0.500. The van der Waals surface area contributed by atoms with E-state index in [9.17, 15) is 0 Å². The second-order valence-corrected chi connectivity index (χ2v) is 4.35. The first-order valence-corrected chi connectivity index (χ1v) is 6.36. The summed E-state index contributed by atoms with van der Waals surface area (Å²) in [6.45, 7) is 1.52. The highest BCUT2D eigenvalue weighted by molar-refractivity contribution is 7.99. The standard InChI is InChI=1S/C12H18O3S/c1-13-7-9-16-10-8-15-12-5-3-11(14-2)4-6-12/h3-6H,7-10H2,1-2H3. The summed E-state index contributed by atoms with van der Waals surface area (Å²) in [7, 11) is 3.37. The van der Waals surface area contributed by atoms with Gasteiger partial charge in [0.25, 0.3) is 0 Å². The molecule has 16 heavy (non-hydrogen) atoms. The molecule has 4 heteroatoms. The summed E-state index contributed by atoms with van der Waals surface area (Å²) in [5, 5.41) is 0. The lowest BCUT2D eigenvalue weighted by Gasteiger charge is -2.06. The van der Waals surface area contributed by atoms with Gasteiger partial charge in [-0.05, 0) is 24.3 Å². The van der Waals surface area contributed by atoms with Gasteiger partial charge in [-0.15, -0.1) is 0 Å². The van der Waals surface area contributed by atoms with Crippen molar-refractivity contribution in [1.82, 2.24) is 0 Å². The average molecular weight is 242 g/mol. The van der Waals surface area contributed by atoms with Crippen LogP contribution in [-0.2, 0) is 4.74 Å². The summed E-state index contributed by atoms with van der Waals surface area (Å²) in [6.07, 6.45) is 0. The number of hydrogen-bond donors (Lipinski definition) is 0. The van der Waals surface area contributed by atoms with Crippen LogP contribution in [0.2, 0.25) is 0 Å². The Morgan fingerprint density at radius 2 is 1.56 bits per heavy atom. The van der Waals surface area contributed by atoms with Crippen LogP contribution >= 0.6 is 11.8 Å². The highest BCUT2D eigenvalue weighted by Gasteiger charge is 1.95. The topological polar surface area (TPSA) is 27.7 Å². The summed E-state index contributed by atoms with van der Waals surface area (Å²) >= 11 is 1.83. The van der Waals surface area contributed by atoms with Crippen LogP contribution in [0.5, 0.6) is 11.5 Å². The van der Waals surface area contributed by atoms with Crippen molar-refractivity contribution in [1.29, 1.82) is 0 Å². The molecule has 1 aromatic carbocycles. The molecule has 0 bridgehead atoms. The predicted octanol–water partition coefficient (Wildman–Crippen LogP) is 2.45. The minimum Gasteiger partial charge on any atom is -0.497 e. The third-order valence-corrected chi connectivity index (χ3v) is 2.90. The monoisotopic (exact) mass is 242 g/mol. The van der Waals surface area contributed by atoms with Crippen LogP contribution in [0.4, 0.5) is 0 Å². The molecule has 0 amide bonds. The number of hydrogen-bond acceptors (Lipinski definition) is 4. The van der Waals surface area contributed by atoms with Crippen molar-refractivity contribution in [3.63, 3.8) is 0 Å². The molecule has 1 aromatic rings. The zero-order valence-electron chi connectivity index (χ0n) is 9.77. The first kappa shape index (κ1) is 13.2. The number of methoxy groups -OCH3 is 2. The summed E-state index contributed by atoms with van der Waals surface area (Å²) < 4.78 is 15.6. The van der Waals surface area contributed by atoms with Crippen molar-refractivity contribution in [2.24, 2.45) is 0 Å². The molecule has 3 nitrogen and oxygen atoms in total. The van der Waals surface area contributed by atoms with Gasteiger partial charge in [0.2, 0.25) is 0 Å². The number of ether oxygens (including phenoxy) is 3. The first-order chi connectivity index (χ1) is 7.86. The first-order valence-electron chi connectivity index (χ1n) is 5.20. The maximum Gasteiger partial charge on any atom is 0.119 e. The highest BCUT2D eigenvalue weighted by atomic mass is 32.2. The Kier molecular flexibility index (Phi) is 6.85. The fourth-order valence-corrected chi connectivity index (χ4v) is 1.82. The van der Waals surface area contributed by atoms with Gasteiger partial charge in [0.05, 0.1) is 20.3 Å². The van der Waals surface area contributed by atoms with Crippen molar-refractivity contribution in [3.05, 3.63) is 24.3 Å². The van der Waals surface area contributed by atoms with Gasteiger partial charge in [-0.1, -0.05) is 0 Å². The number of rotatable bonds is 8. The van der Waals surface area contributed by atoms with Gasteiger partial charge in [0.15, 0.2) is 0 Å². The molecule has 0 aliphatic heterocycles. The van der Waals surface area contributed by atoms with E-state index in [1.165, 1.54) is 0 Å². The van der Waals surface area contributed by atoms with E-state index < -0.39 is 0 Å². The normalized spacial score (nSPS) is 10.1. The van der Waals surface area contributed by atoms with Crippen LogP contribution in [-0.4, -0.2) is 38.9 Å². The molecular formula is C12H18O3S. The van der Waals surface area contributed by atoms with Crippen molar-refractivity contribution in [2.45, 2.75) is 0 Å². The maximum absolute atomic E-state index is 5.57. The summed E-state index contributed by atoms with van der Waals surface area (Å²) in [6, 6.07) is 7.62. The Bertz CT molecular complexity index is 274. The van der Waals surface area contributed by atoms with Crippen molar-refractivity contribution in [3.8, 4) is 11.5 Å². The van der Waals surface area contributed by atoms with Gasteiger partial charge in [-0.25, -0.2) is 0 Å². The molecule has 0 atom stereocenters. The molecule has 1 rings (SSSR count). The van der Waals surface area contributed by atoms with Crippen molar-refractivity contribution >= 4 is 11.8 Å². The maximum atomic E-state index is 5.57. The van der Waals surface area contributed by atoms with Crippen LogP contribution in [0.1, 0.15) is 0 Å². The molecule has 0 saturated heterocycles. The molecule has 0 aromatic heterocycles. The molecule has 90 valence electrons. The Morgan fingerprint density at radius 1 is 0.938 bits per heavy atom. The molecule has 0 spiro atoms. The Morgan fingerprint density at radius 3 is 2.19 bits per heavy atom. The van der Waals surface area contributed by atoms with Crippen LogP contribution in [0.3, 0.4) is 0 Å². The fourth-order valence-electron chi connectivity index (χ4n) is 1.13. The summed E-state index contributed by atoms with van der Waals surface area (Å²) in [5.41, 5.74) is 0. The van der Waals surface area contributed by atoms with E-state index in [4.69, 9.17) is 14.2 Å². The smallest absolute Gasteiger partial charge is 0.119 e. The van der Waals surface area contributed by atoms with Gasteiger partial charge in [-0.2, -0.15) is 11.8 Å².